The minimum absolute atomic E-state index is 0.0485. The maximum Gasteiger partial charge on any atom is 0.410 e. The van der Waals surface area contributed by atoms with Gasteiger partial charge in [0.05, 0.1) is 30.4 Å². The number of amides is 1. The Bertz CT molecular complexity index is 1150. The predicted molar refractivity (Wildman–Crippen MR) is 109 cm³/mol. The van der Waals surface area contributed by atoms with Crippen LogP contribution in [0.25, 0.3) is 21.9 Å². The number of hydrogen-bond acceptors (Lipinski definition) is 7. The summed E-state index contributed by atoms with van der Waals surface area (Å²) in [5.41, 5.74) is 1.09. The van der Waals surface area contributed by atoms with Gasteiger partial charge in [0.25, 0.3) is 0 Å². The second kappa shape index (κ2) is 7.35. The molecule has 0 bridgehead atoms. The van der Waals surface area contributed by atoms with Crippen molar-refractivity contribution in [3.63, 3.8) is 0 Å². The first-order valence-corrected chi connectivity index (χ1v) is 10.2. The zero-order valence-electron chi connectivity index (χ0n) is 17.0. The van der Waals surface area contributed by atoms with Crippen LogP contribution in [-0.2, 0) is 22.4 Å². The average Bonchev–Trinajstić information content (AvgIpc) is 3.28. The molecule has 8 nitrogen and oxygen atoms in total. The second-order valence-electron chi connectivity index (χ2n) is 7.97. The molecule has 0 radical (unpaired) electrons. The highest BCUT2D eigenvalue weighted by atomic mass is 32.1. The van der Waals surface area contributed by atoms with Gasteiger partial charge in [-0.25, -0.2) is 23.9 Å². The fourth-order valence-electron chi connectivity index (χ4n) is 3.23. The number of carbonyl (C=O) groups excluding carboxylic acids is 2. The van der Waals surface area contributed by atoms with Crippen LogP contribution in [0.3, 0.4) is 0 Å². The molecular formula is C20H21FN4O4S. The summed E-state index contributed by atoms with van der Waals surface area (Å²) in [6.07, 6.45) is 0.248. The standard InChI is InChI=1S/C20H21FN4O4S/c1-20(2,3)29-19(27)25-6-5-12-14(9-25)30-17(23-12)16-22-13-8-10(21)7-11(15(13)24-16)18(26)28-4/h7-8H,5-6,9H2,1-4H3,(H,22,24). The molecule has 0 atom stereocenters. The molecule has 4 rings (SSSR count). The second-order valence-corrected chi connectivity index (χ2v) is 9.05. The number of imidazole rings is 1. The first kappa shape index (κ1) is 20.3. The van der Waals surface area contributed by atoms with Crippen LogP contribution in [0.15, 0.2) is 12.1 Å². The summed E-state index contributed by atoms with van der Waals surface area (Å²) < 4.78 is 24.1. The number of aromatic nitrogens is 3. The fraction of sp³-hybridized carbons (Fsp3) is 0.400. The van der Waals surface area contributed by atoms with E-state index in [4.69, 9.17) is 9.47 Å². The average molecular weight is 432 g/mol. The fourth-order valence-corrected chi connectivity index (χ4v) is 4.30. The molecule has 30 heavy (non-hydrogen) atoms. The lowest BCUT2D eigenvalue weighted by atomic mass is 10.2. The van der Waals surface area contributed by atoms with Crippen molar-refractivity contribution in [1.82, 2.24) is 19.9 Å². The summed E-state index contributed by atoms with van der Waals surface area (Å²) in [7, 11) is 1.23. The number of ether oxygens (including phenoxy) is 2. The van der Waals surface area contributed by atoms with E-state index in [1.54, 1.807) is 4.90 Å². The van der Waals surface area contributed by atoms with E-state index < -0.39 is 17.4 Å². The number of hydrogen-bond donors (Lipinski definition) is 1. The van der Waals surface area contributed by atoms with Crippen molar-refractivity contribution in [2.75, 3.05) is 13.7 Å². The molecule has 1 amide bonds. The number of carbonyl (C=O) groups is 2. The maximum absolute atomic E-state index is 13.9. The summed E-state index contributed by atoms with van der Waals surface area (Å²) in [5.74, 6) is -0.794. The molecule has 0 aliphatic carbocycles. The quantitative estimate of drug-likeness (QED) is 0.617. The topological polar surface area (TPSA) is 97.4 Å². The van der Waals surface area contributed by atoms with Gasteiger partial charge >= 0.3 is 12.1 Å². The van der Waals surface area contributed by atoms with Crippen LogP contribution in [-0.4, -0.2) is 51.2 Å². The van der Waals surface area contributed by atoms with E-state index >= 15 is 0 Å². The van der Waals surface area contributed by atoms with Gasteiger partial charge in [0.2, 0.25) is 0 Å². The first-order valence-electron chi connectivity index (χ1n) is 9.39. The molecule has 0 saturated carbocycles. The van der Waals surface area contributed by atoms with E-state index in [1.807, 2.05) is 20.8 Å². The van der Waals surface area contributed by atoms with E-state index in [1.165, 1.54) is 24.5 Å². The molecule has 0 unspecified atom stereocenters. The van der Waals surface area contributed by atoms with Crippen molar-refractivity contribution >= 4 is 34.4 Å². The highest BCUT2D eigenvalue weighted by Gasteiger charge is 2.28. The molecule has 2 aromatic heterocycles. The number of fused-ring (bicyclic) bond motifs is 2. The Labute approximate surface area is 176 Å². The first-order chi connectivity index (χ1) is 14.1. The number of H-pyrrole nitrogens is 1. The normalized spacial score (nSPS) is 14.0. The van der Waals surface area contributed by atoms with E-state index in [9.17, 15) is 14.0 Å². The maximum atomic E-state index is 13.9. The number of thiazole rings is 1. The predicted octanol–water partition coefficient (Wildman–Crippen LogP) is 3.91. The van der Waals surface area contributed by atoms with Crippen LogP contribution in [0.2, 0.25) is 0 Å². The third-order valence-corrected chi connectivity index (χ3v) is 5.63. The van der Waals surface area contributed by atoms with Crippen molar-refractivity contribution in [3.8, 4) is 10.8 Å². The van der Waals surface area contributed by atoms with E-state index in [0.29, 0.717) is 41.4 Å². The van der Waals surface area contributed by atoms with Gasteiger partial charge in [0.15, 0.2) is 10.8 Å². The third kappa shape index (κ3) is 3.87. The van der Waals surface area contributed by atoms with Crippen LogP contribution in [0.5, 0.6) is 0 Å². The number of nitrogens with one attached hydrogen (secondary N) is 1. The molecule has 3 heterocycles. The minimum Gasteiger partial charge on any atom is -0.465 e. The van der Waals surface area contributed by atoms with Crippen LogP contribution in [0, 0.1) is 5.82 Å². The molecule has 0 saturated heterocycles. The summed E-state index contributed by atoms with van der Waals surface area (Å²) in [4.78, 5) is 39.1. The summed E-state index contributed by atoms with van der Waals surface area (Å²) in [6, 6.07) is 2.38. The van der Waals surface area contributed by atoms with Gasteiger partial charge in [0.1, 0.15) is 16.9 Å². The molecule has 1 aromatic carbocycles. The molecule has 158 valence electrons. The Morgan fingerprint density at radius 3 is 2.73 bits per heavy atom. The highest BCUT2D eigenvalue weighted by Crippen LogP contribution is 2.32. The molecule has 1 N–H and O–H groups in total. The van der Waals surface area contributed by atoms with Gasteiger partial charge in [-0.2, -0.15) is 0 Å². The number of halogens is 1. The van der Waals surface area contributed by atoms with Crippen molar-refractivity contribution in [1.29, 1.82) is 0 Å². The summed E-state index contributed by atoms with van der Waals surface area (Å²) in [5, 5.41) is 0.610. The van der Waals surface area contributed by atoms with Crippen LogP contribution >= 0.6 is 11.3 Å². The van der Waals surface area contributed by atoms with Crippen LogP contribution in [0.4, 0.5) is 9.18 Å². The lowest BCUT2D eigenvalue weighted by Crippen LogP contribution is -2.39. The van der Waals surface area contributed by atoms with Crippen molar-refractivity contribution in [3.05, 3.63) is 34.1 Å². The number of aromatic amines is 1. The van der Waals surface area contributed by atoms with Crippen LogP contribution in [0.1, 0.15) is 41.7 Å². The largest absolute Gasteiger partial charge is 0.465 e. The number of methoxy groups -OCH3 is 1. The van der Waals surface area contributed by atoms with Gasteiger partial charge < -0.3 is 19.4 Å². The Kier molecular flexibility index (Phi) is 4.97. The third-order valence-electron chi connectivity index (χ3n) is 4.54. The van der Waals surface area contributed by atoms with Gasteiger partial charge in [-0.3, -0.25) is 0 Å². The van der Waals surface area contributed by atoms with Gasteiger partial charge in [0, 0.05) is 17.8 Å². The van der Waals surface area contributed by atoms with E-state index in [-0.39, 0.29) is 11.7 Å². The molecule has 0 fully saturated rings. The van der Waals surface area contributed by atoms with Crippen molar-refractivity contribution < 1.29 is 23.5 Å². The minimum atomic E-state index is -0.663. The van der Waals surface area contributed by atoms with Gasteiger partial charge in [-0.1, -0.05) is 0 Å². The molecule has 10 heteroatoms. The molecule has 1 aliphatic heterocycles. The zero-order valence-corrected chi connectivity index (χ0v) is 17.9. The monoisotopic (exact) mass is 432 g/mol. The lowest BCUT2D eigenvalue weighted by molar-refractivity contribution is 0.0225. The van der Waals surface area contributed by atoms with E-state index in [2.05, 4.69) is 15.0 Å². The van der Waals surface area contributed by atoms with Crippen LogP contribution < -0.4 is 0 Å². The lowest BCUT2D eigenvalue weighted by Gasteiger charge is -2.29. The highest BCUT2D eigenvalue weighted by molar-refractivity contribution is 7.15. The van der Waals surface area contributed by atoms with Gasteiger partial charge in [-0.15, -0.1) is 11.3 Å². The summed E-state index contributed by atoms with van der Waals surface area (Å²) >= 11 is 1.40. The summed E-state index contributed by atoms with van der Waals surface area (Å²) in [6.45, 7) is 6.42. The number of esters is 1. The molecule has 0 spiro atoms. The Morgan fingerprint density at radius 2 is 2.03 bits per heavy atom. The smallest absolute Gasteiger partial charge is 0.410 e. The Morgan fingerprint density at radius 1 is 1.27 bits per heavy atom. The number of rotatable bonds is 2. The van der Waals surface area contributed by atoms with Crippen molar-refractivity contribution in [2.24, 2.45) is 0 Å². The number of benzene rings is 1. The van der Waals surface area contributed by atoms with Crippen molar-refractivity contribution in [2.45, 2.75) is 39.3 Å². The molecule has 1 aliphatic rings. The van der Waals surface area contributed by atoms with E-state index in [0.717, 1.165) is 16.6 Å². The number of nitrogens with zero attached hydrogens (tertiary/aromatic N) is 3. The Balaban J connectivity index is 1.64. The van der Waals surface area contributed by atoms with Gasteiger partial charge in [-0.05, 0) is 32.9 Å². The zero-order chi connectivity index (χ0) is 21.6. The Hall–Kier alpha value is -3.01. The SMILES string of the molecule is COC(=O)c1cc(F)cc2[nH]c(-c3nc4c(s3)CN(C(=O)OC(C)(C)C)CC4)nc12. The molecular weight excluding hydrogens is 411 g/mol. The molecule has 3 aromatic rings.